The lowest BCUT2D eigenvalue weighted by atomic mass is 10.2. The molecule has 2 rings (SSSR count). The van der Waals surface area contributed by atoms with Gasteiger partial charge in [0.1, 0.15) is 0 Å². The fourth-order valence-corrected chi connectivity index (χ4v) is 3.52. The minimum Gasteiger partial charge on any atom is -0.331 e. The van der Waals surface area contributed by atoms with Gasteiger partial charge in [0.15, 0.2) is 0 Å². The van der Waals surface area contributed by atoms with Crippen molar-refractivity contribution in [1.82, 2.24) is 14.7 Å². The predicted molar refractivity (Wildman–Crippen MR) is 104 cm³/mol. The number of carbonyl (C=O) groups excluding carboxylic acids is 1. The van der Waals surface area contributed by atoms with Crippen molar-refractivity contribution in [2.75, 3.05) is 39.3 Å². The summed E-state index contributed by atoms with van der Waals surface area (Å²) >= 11 is 9.89. The Morgan fingerprint density at radius 1 is 1.17 bits per heavy atom. The molecule has 24 heavy (non-hydrogen) atoms. The summed E-state index contributed by atoms with van der Waals surface area (Å²) in [5, 5.41) is 0.663. The lowest BCUT2D eigenvalue weighted by Gasteiger charge is -2.35. The van der Waals surface area contributed by atoms with Crippen LogP contribution in [0.4, 0.5) is 4.79 Å². The quantitative estimate of drug-likeness (QED) is 0.744. The van der Waals surface area contributed by atoms with Gasteiger partial charge in [-0.15, -0.1) is 0 Å². The molecule has 134 valence electrons. The van der Waals surface area contributed by atoms with E-state index in [-0.39, 0.29) is 11.3 Å². The molecule has 0 spiro atoms. The van der Waals surface area contributed by atoms with E-state index in [1.54, 1.807) is 0 Å². The zero-order valence-corrected chi connectivity index (χ0v) is 16.3. The molecule has 1 heterocycles. The van der Waals surface area contributed by atoms with Gasteiger partial charge in [0.2, 0.25) is 0 Å². The first-order valence-electron chi connectivity index (χ1n) is 8.64. The Labute approximate surface area is 156 Å². The first-order chi connectivity index (χ1) is 11.5. The van der Waals surface area contributed by atoms with Crippen LogP contribution in [0.3, 0.4) is 0 Å². The minimum absolute atomic E-state index is 0.127. The largest absolute Gasteiger partial charge is 0.331 e. The summed E-state index contributed by atoms with van der Waals surface area (Å²) in [7, 11) is 0. The van der Waals surface area contributed by atoms with Crippen LogP contribution in [-0.4, -0.2) is 65.2 Å². The Morgan fingerprint density at radius 2 is 1.75 bits per heavy atom. The monoisotopic (exact) mass is 369 g/mol. The highest BCUT2D eigenvalue weighted by Crippen LogP contribution is 2.13. The summed E-state index contributed by atoms with van der Waals surface area (Å²) in [6, 6.07) is 8.33. The van der Waals surface area contributed by atoms with Gasteiger partial charge in [-0.05, 0) is 44.5 Å². The standard InChI is InChI=1S/C18H28ClN3OS/c1-15(2)22(18(23)24)9-3-8-20-10-12-21(13-11-20)14-16-4-6-17(19)7-5-16/h4-7,15H,3,8-14H2,1-2H3,(H,23,24). The van der Waals surface area contributed by atoms with Crippen LogP contribution in [0.5, 0.6) is 0 Å². The highest BCUT2D eigenvalue weighted by molar-refractivity contribution is 7.96. The van der Waals surface area contributed by atoms with Gasteiger partial charge < -0.3 is 9.80 Å². The Bertz CT molecular complexity index is 516. The third-order valence-electron chi connectivity index (χ3n) is 4.53. The van der Waals surface area contributed by atoms with Crippen molar-refractivity contribution in [3.05, 3.63) is 34.9 Å². The fraction of sp³-hybridized carbons (Fsp3) is 0.611. The van der Waals surface area contributed by atoms with Crippen LogP contribution in [0.25, 0.3) is 0 Å². The van der Waals surface area contributed by atoms with Crippen LogP contribution in [0.15, 0.2) is 24.3 Å². The minimum atomic E-state index is -0.127. The third-order valence-corrected chi connectivity index (χ3v) is 5.04. The maximum absolute atomic E-state index is 11.5. The van der Waals surface area contributed by atoms with Gasteiger partial charge >= 0.3 is 0 Å². The van der Waals surface area contributed by atoms with Gasteiger partial charge in [-0.3, -0.25) is 9.69 Å². The summed E-state index contributed by atoms with van der Waals surface area (Å²) < 4.78 is 0. The molecule has 0 radical (unpaired) electrons. The summed E-state index contributed by atoms with van der Waals surface area (Å²) in [4.78, 5) is 18.3. The number of thiol groups is 1. The predicted octanol–water partition coefficient (Wildman–Crippen LogP) is 3.61. The van der Waals surface area contributed by atoms with Crippen LogP contribution in [0, 0.1) is 0 Å². The summed E-state index contributed by atoms with van der Waals surface area (Å²) in [5.74, 6) is 0. The normalized spacial score (nSPS) is 16.5. The van der Waals surface area contributed by atoms with Crippen molar-refractivity contribution >= 4 is 29.5 Å². The van der Waals surface area contributed by atoms with Gasteiger partial charge in [0.05, 0.1) is 0 Å². The molecule has 6 heteroatoms. The number of hydrogen-bond donors (Lipinski definition) is 1. The van der Waals surface area contributed by atoms with Gasteiger partial charge in [0.25, 0.3) is 5.24 Å². The van der Waals surface area contributed by atoms with E-state index in [0.717, 1.165) is 57.3 Å². The zero-order chi connectivity index (χ0) is 17.5. The molecular weight excluding hydrogens is 342 g/mol. The highest BCUT2D eigenvalue weighted by atomic mass is 35.5. The van der Waals surface area contributed by atoms with Crippen molar-refractivity contribution in [3.8, 4) is 0 Å². The van der Waals surface area contributed by atoms with E-state index < -0.39 is 0 Å². The van der Waals surface area contributed by atoms with Gasteiger partial charge in [-0.25, -0.2) is 0 Å². The number of nitrogens with zero attached hydrogens (tertiary/aromatic N) is 3. The lowest BCUT2D eigenvalue weighted by Crippen LogP contribution is -2.46. The molecule has 0 saturated carbocycles. The molecule has 1 aliphatic heterocycles. The van der Waals surface area contributed by atoms with Crippen LogP contribution < -0.4 is 0 Å². The highest BCUT2D eigenvalue weighted by Gasteiger charge is 2.18. The Balaban J connectivity index is 1.67. The van der Waals surface area contributed by atoms with Crippen LogP contribution in [0.1, 0.15) is 25.8 Å². The van der Waals surface area contributed by atoms with E-state index in [9.17, 15) is 4.79 Å². The van der Waals surface area contributed by atoms with Gasteiger partial charge in [-0.2, -0.15) is 0 Å². The molecule has 1 aromatic rings. The Kier molecular flexibility index (Phi) is 7.88. The number of rotatable bonds is 7. The van der Waals surface area contributed by atoms with E-state index in [4.69, 9.17) is 11.6 Å². The summed E-state index contributed by atoms with van der Waals surface area (Å²) in [5.41, 5.74) is 1.31. The number of hydrogen-bond acceptors (Lipinski definition) is 3. The second-order valence-electron chi connectivity index (χ2n) is 6.67. The van der Waals surface area contributed by atoms with E-state index in [0.29, 0.717) is 0 Å². The average Bonchev–Trinajstić information content (AvgIpc) is 2.54. The first-order valence-corrected chi connectivity index (χ1v) is 9.47. The average molecular weight is 370 g/mol. The maximum Gasteiger partial charge on any atom is 0.278 e. The molecular formula is C18H28ClN3OS. The molecule has 1 saturated heterocycles. The third kappa shape index (κ3) is 6.28. The summed E-state index contributed by atoms with van der Waals surface area (Å²) in [6.07, 6.45) is 1.00. The topological polar surface area (TPSA) is 26.8 Å². The number of carbonyl (C=O) groups is 1. The van der Waals surface area contributed by atoms with Crippen LogP contribution in [0.2, 0.25) is 5.02 Å². The van der Waals surface area contributed by atoms with E-state index in [1.165, 1.54) is 5.56 Å². The van der Waals surface area contributed by atoms with E-state index in [2.05, 4.69) is 34.6 Å². The lowest BCUT2D eigenvalue weighted by molar-refractivity contribution is 0.122. The van der Waals surface area contributed by atoms with Crippen LogP contribution >= 0.6 is 24.2 Å². The number of halogens is 1. The molecule has 1 aliphatic rings. The Hall–Kier alpha value is -0.750. The maximum atomic E-state index is 11.5. The molecule has 4 nitrogen and oxygen atoms in total. The van der Waals surface area contributed by atoms with Crippen molar-refractivity contribution in [1.29, 1.82) is 0 Å². The molecule has 0 N–H and O–H groups in total. The second kappa shape index (κ2) is 9.66. The molecule has 0 aliphatic carbocycles. The SMILES string of the molecule is CC(C)N(CCCN1CCN(Cc2ccc(Cl)cc2)CC1)C(=O)S. The van der Waals surface area contributed by atoms with E-state index >= 15 is 0 Å². The van der Waals surface area contributed by atoms with E-state index in [1.807, 2.05) is 30.9 Å². The second-order valence-corrected chi connectivity index (χ2v) is 7.49. The molecule has 0 unspecified atom stereocenters. The number of amides is 1. The first kappa shape index (κ1) is 19.6. The summed E-state index contributed by atoms with van der Waals surface area (Å²) in [6.45, 7) is 11.2. The molecule has 1 fully saturated rings. The molecule has 0 atom stereocenters. The zero-order valence-electron chi connectivity index (χ0n) is 14.6. The van der Waals surface area contributed by atoms with Gasteiger partial charge in [-0.1, -0.05) is 36.4 Å². The molecule has 1 amide bonds. The molecule has 0 aromatic heterocycles. The van der Waals surface area contributed by atoms with Crippen molar-refractivity contribution in [2.45, 2.75) is 32.9 Å². The van der Waals surface area contributed by atoms with Crippen molar-refractivity contribution in [2.24, 2.45) is 0 Å². The fourth-order valence-electron chi connectivity index (χ4n) is 3.06. The molecule has 1 aromatic carbocycles. The number of benzene rings is 1. The van der Waals surface area contributed by atoms with Crippen molar-refractivity contribution < 1.29 is 4.79 Å². The van der Waals surface area contributed by atoms with Gasteiger partial charge in [0, 0.05) is 50.3 Å². The Morgan fingerprint density at radius 3 is 2.29 bits per heavy atom. The number of piperazine rings is 1. The smallest absolute Gasteiger partial charge is 0.278 e. The molecule has 0 bridgehead atoms. The van der Waals surface area contributed by atoms with Crippen LogP contribution in [-0.2, 0) is 6.54 Å². The van der Waals surface area contributed by atoms with Crippen molar-refractivity contribution in [3.63, 3.8) is 0 Å².